The lowest BCUT2D eigenvalue weighted by atomic mass is 9.86. The van der Waals surface area contributed by atoms with Crippen molar-refractivity contribution in [3.05, 3.63) is 35.9 Å². The van der Waals surface area contributed by atoms with E-state index in [0.717, 1.165) is 30.9 Å². The van der Waals surface area contributed by atoms with E-state index in [1.54, 1.807) is 0 Å². The number of hydrogen-bond donors (Lipinski definition) is 2. The molecule has 24 heavy (non-hydrogen) atoms. The van der Waals surface area contributed by atoms with Crippen LogP contribution in [-0.4, -0.2) is 24.7 Å². The van der Waals surface area contributed by atoms with Gasteiger partial charge in [0.1, 0.15) is 6.61 Å². The molecule has 4 heteroatoms. The molecule has 134 valence electrons. The molecule has 1 aliphatic rings. The van der Waals surface area contributed by atoms with Crippen molar-refractivity contribution in [2.24, 2.45) is 5.92 Å². The van der Waals surface area contributed by atoms with Crippen LogP contribution in [0.15, 0.2) is 30.3 Å². The molecule has 1 aromatic rings. The number of ether oxygens (including phenoxy) is 1. The first-order chi connectivity index (χ1) is 11.7. The Bertz CT molecular complexity index is 472. The number of amides is 1. The van der Waals surface area contributed by atoms with E-state index in [1.165, 1.54) is 25.7 Å². The molecule has 0 bridgehead atoms. The lowest BCUT2D eigenvalue weighted by molar-refractivity contribution is 0.125. The van der Waals surface area contributed by atoms with Crippen LogP contribution in [-0.2, 0) is 11.3 Å². The Labute approximate surface area is 146 Å². The minimum Gasteiger partial charge on any atom is -0.445 e. The van der Waals surface area contributed by atoms with Crippen LogP contribution < -0.4 is 10.6 Å². The third-order valence-electron chi connectivity index (χ3n) is 4.91. The molecule has 0 aromatic heterocycles. The van der Waals surface area contributed by atoms with E-state index in [-0.39, 0.29) is 12.1 Å². The van der Waals surface area contributed by atoms with Crippen molar-refractivity contribution in [1.82, 2.24) is 10.6 Å². The number of nitrogens with one attached hydrogen (secondary N) is 2. The monoisotopic (exact) mass is 332 g/mol. The average molecular weight is 332 g/mol. The topological polar surface area (TPSA) is 50.4 Å². The summed E-state index contributed by atoms with van der Waals surface area (Å²) in [5, 5.41) is 6.60. The molecule has 1 amide bonds. The molecule has 4 nitrogen and oxygen atoms in total. The second kappa shape index (κ2) is 10.3. The van der Waals surface area contributed by atoms with E-state index in [4.69, 9.17) is 4.74 Å². The van der Waals surface area contributed by atoms with Gasteiger partial charge in [-0.25, -0.2) is 4.79 Å². The summed E-state index contributed by atoms with van der Waals surface area (Å²) in [6.07, 6.45) is 6.86. The Morgan fingerprint density at radius 3 is 2.62 bits per heavy atom. The normalized spacial score (nSPS) is 20.9. The summed E-state index contributed by atoms with van der Waals surface area (Å²) in [4.78, 5) is 11.8. The van der Waals surface area contributed by atoms with Gasteiger partial charge < -0.3 is 15.4 Å². The first-order valence-electron chi connectivity index (χ1n) is 9.41. The highest BCUT2D eigenvalue weighted by molar-refractivity contribution is 5.67. The Hall–Kier alpha value is -1.55. The highest BCUT2D eigenvalue weighted by Crippen LogP contribution is 2.21. The van der Waals surface area contributed by atoms with Gasteiger partial charge in [0.25, 0.3) is 0 Å². The van der Waals surface area contributed by atoms with Gasteiger partial charge in [-0.2, -0.15) is 0 Å². The van der Waals surface area contributed by atoms with Crippen LogP contribution in [0, 0.1) is 5.92 Å². The number of hydrogen-bond acceptors (Lipinski definition) is 3. The molecular formula is C20H32N2O2. The number of benzene rings is 1. The van der Waals surface area contributed by atoms with E-state index >= 15 is 0 Å². The molecule has 0 radical (unpaired) electrons. The van der Waals surface area contributed by atoms with Gasteiger partial charge in [0, 0.05) is 12.1 Å². The summed E-state index contributed by atoms with van der Waals surface area (Å²) >= 11 is 0. The number of carbonyl (C=O) groups is 1. The van der Waals surface area contributed by atoms with Gasteiger partial charge in [0.05, 0.1) is 0 Å². The van der Waals surface area contributed by atoms with E-state index < -0.39 is 0 Å². The van der Waals surface area contributed by atoms with Gasteiger partial charge in [-0.05, 0) is 37.3 Å². The van der Waals surface area contributed by atoms with Crippen LogP contribution in [0.25, 0.3) is 0 Å². The number of carbonyl (C=O) groups excluding carboxylic acids is 1. The standard InChI is InChI=1S/C20H32N2O2/c1-3-5-9-16(4-2)14-21-18-12-19(13-18)22-20(23)24-15-17-10-7-6-8-11-17/h6-8,10-11,16,18-19,21H,3-5,9,12-15H2,1-2H3,(H,22,23). The van der Waals surface area contributed by atoms with E-state index in [2.05, 4.69) is 24.5 Å². The molecule has 1 fully saturated rings. The summed E-state index contributed by atoms with van der Waals surface area (Å²) in [6.45, 7) is 5.96. The van der Waals surface area contributed by atoms with Crippen LogP contribution in [0.1, 0.15) is 57.9 Å². The van der Waals surface area contributed by atoms with Gasteiger partial charge in [0.2, 0.25) is 0 Å². The summed E-state index contributed by atoms with van der Waals surface area (Å²) in [5.74, 6) is 0.785. The highest BCUT2D eigenvalue weighted by Gasteiger charge is 2.30. The number of unbranched alkanes of at least 4 members (excludes halogenated alkanes) is 1. The van der Waals surface area contributed by atoms with Crippen LogP contribution in [0.2, 0.25) is 0 Å². The molecule has 1 aromatic carbocycles. The zero-order valence-corrected chi connectivity index (χ0v) is 15.1. The van der Waals surface area contributed by atoms with Crippen molar-refractivity contribution in [2.75, 3.05) is 6.54 Å². The summed E-state index contributed by atoms with van der Waals surface area (Å²) < 4.78 is 5.26. The van der Waals surface area contributed by atoms with Crippen molar-refractivity contribution >= 4 is 6.09 Å². The van der Waals surface area contributed by atoms with Crippen molar-refractivity contribution in [3.8, 4) is 0 Å². The maximum atomic E-state index is 11.8. The van der Waals surface area contributed by atoms with E-state index in [0.29, 0.717) is 12.6 Å². The number of rotatable bonds is 10. The van der Waals surface area contributed by atoms with Crippen molar-refractivity contribution in [3.63, 3.8) is 0 Å². The summed E-state index contributed by atoms with van der Waals surface area (Å²) in [5.41, 5.74) is 1.01. The Morgan fingerprint density at radius 2 is 1.96 bits per heavy atom. The zero-order chi connectivity index (χ0) is 17.2. The third kappa shape index (κ3) is 6.52. The fraction of sp³-hybridized carbons (Fsp3) is 0.650. The van der Waals surface area contributed by atoms with Gasteiger partial charge in [-0.1, -0.05) is 63.4 Å². The molecule has 0 saturated heterocycles. The van der Waals surface area contributed by atoms with Crippen LogP contribution >= 0.6 is 0 Å². The summed E-state index contributed by atoms with van der Waals surface area (Å²) in [7, 11) is 0. The quantitative estimate of drug-likeness (QED) is 0.673. The number of alkyl carbamates (subject to hydrolysis) is 1. The molecule has 1 unspecified atom stereocenters. The third-order valence-corrected chi connectivity index (χ3v) is 4.91. The molecule has 1 atom stereocenters. The highest BCUT2D eigenvalue weighted by atomic mass is 16.5. The zero-order valence-electron chi connectivity index (χ0n) is 15.1. The van der Waals surface area contributed by atoms with Gasteiger partial charge in [-0.15, -0.1) is 0 Å². The lowest BCUT2D eigenvalue weighted by Crippen LogP contribution is -2.53. The average Bonchev–Trinajstić information content (AvgIpc) is 2.58. The maximum absolute atomic E-state index is 11.8. The molecule has 1 saturated carbocycles. The van der Waals surface area contributed by atoms with Crippen molar-refractivity contribution in [2.45, 2.75) is 71.1 Å². The summed E-state index contributed by atoms with van der Waals surface area (Å²) in [6, 6.07) is 10.6. The molecule has 0 aliphatic heterocycles. The fourth-order valence-corrected chi connectivity index (χ4v) is 3.11. The lowest BCUT2D eigenvalue weighted by Gasteiger charge is -2.37. The molecule has 2 rings (SSSR count). The molecule has 0 heterocycles. The maximum Gasteiger partial charge on any atom is 0.407 e. The fourth-order valence-electron chi connectivity index (χ4n) is 3.11. The first kappa shape index (κ1) is 18.8. The second-order valence-corrected chi connectivity index (χ2v) is 6.90. The smallest absolute Gasteiger partial charge is 0.407 e. The molecule has 0 spiro atoms. The molecule has 1 aliphatic carbocycles. The predicted molar refractivity (Wildman–Crippen MR) is 97.9 cm³/mol. The SMILES string of the molecule is CCCCC(CC)CNC1CC(NC(=O)OCc2ccccc2)C1. The van der Waals surface area contributed by atoms with Gasteiger partial charge in [0.15, 0.2) is 0 Å². The Morgan fingerprint density at radius 1 is 1.21 bits per heavy atom. The molecule has 2 N–H and O–H groups in total. The molecular weight excluding hydrogens is 300 g/mol. The van der Waals surface area contributed by atoms with Gasteiger partial charge >= 0.3 is 6.09 Å². The largest absolute Gasteiger partial charge is 0.445 e. The Balaban J connectivity index is 1.55. The van der Waals surface area contributed by atoms with E-state index in [1.807, 2.05) is 30.3 Å². The first-order valence-corrected chi connectivity index (χ1v) is 9.41. The van der Waals surface area contributed by atoms with Crippen LogP contribution in [0.4, 0.5) is 4.79 Å². The predicted octanol–water partition coefficient (Wildman–Crippen LogP) is 4.25. The minimum atomic E-state index is -0.309. The van der Waals surface area contributed by atoms with Crippen molar-refractivity contribution < 1.29 is 9.53 Å². The minimum absolute atomic E-state index is 0.251. The van der Waals surface area contributed by atoms with Gasteiger partial charge in [-0.3, -0.25) is 0 Å². The van der Waals surface area contributed by atoms with Crippen molar-refractivity contribution in [1.29, 1.82) is 0 Å². The van der Waals surface area contributed by atoms with Crippen LogP contribution in [0.3, 0.4) is 0 Å². The van der Waals surface area contributed by atoms with Crippen LogP contribution in [0.5, 0.6) is 0 Å². The Kier molecular flexibility index (Phi) is 8.10. The second-order valence-electron chi connectivity index (χ2n) is 6.90. The van der Waals surface area contributed by atoms with E-state index in [9.17, 15) is 4.79 Å².